The first-order valence-electron chi connectivity index (χ1n) is 3.61. The Morgan fingerprint density at radius 3 is 1.46 bits per heavy atom. The van der Waals surface area contributed by atoms with Gasteiger partial charge in [-0.2, -0.15) is 0 Å². The fourth-order valence-corrected chi connectivity index (χ4v) is 1.08. The zero-order valence-electron chi connectivity index (χ0n) is 7.00. The van der Waals surface area contributed by atoms with E-state index >= 15 is 0 Å². The van der Waals surface area contributed by atoms with Crippen molar-refractivity contribution in [2.75, 3.05) is 0 Å². The first-order valence-corrected chi connectivity index (χ1v) is 5.50. The highest BCUT2D eigenvalue weighted by molar-refractivity contribution is 8.04. The number of allylic oxidation sites excluding steroid dienone is 6. The molecule has 68 valence electrons. The standard InChI is InChI=1S/C10H10S3/c11-7-3-1-5-9-13-10-6-2-4-8-12/h1-10H. The van der Waals surface area contributed by atoms with Crippen LogP contribution in [0.5, 0.6) is 0 Å². The molecule has 0 amide bonds. The number of thiocarbonyl (C=S) groups is 2. The van der Waals surface area contributed by atoms with Gasteiger partial charge in [-0.3, -0.25) is 0 Å². The minimum absolute atomic E-state index is 1.58. The molecule has 0 saturated heterocycles. The van der Waals surface area contributed by atoms with Crippen molar-refractivity contribution in [1.29, 1.82) is 0 Å². The van der Waals surface area contributed by atoms with E-state index in [1.54, 1.807) is 22.5 Å². The van der Waals surface area contributed by atoms with Crippen molar-refractivity contribution in [2.45, 2.75) is 0 Å². The van der Waals surface area contributed by atoms with Crippen LogP contribution in [0.3, 0.4) is 0 Å². The molecule has 0 atom stereocenters. The highest BCUT2D eigenvalue weighted by Crippen LogP contribution is 2.03. The molecule has 13 heavy (non-hydrogen) atoms. The Kier molecular flexibility index (Phi) is 11.0. The van der Waals surface area contributed by atoms with Gasteiger partial charge in [-0.05, 0) is 10.8 Å². The van der Waals surface area contributed by atoms with Gasteiger partial charge in [-0.15, -0.1) is 11.8 Å². The molecule has 0 aromatic rings. The first kappa shape index (κ1) is 12.5. The maximum atomic E-state index is 4.61. The highest BCUT2D eigenvalue weighted by Gasteiger charge is 1.67. The van der Waals surface area contributed by atoms with E-state index < -0.39 is 0 Å². The molecule has 0 radical (unpaired) electrons. The van der Waals surface area contributed by atoms with Gasteiger partial charge in [0.25, 0.3) is 0 Å². The summed E-state index contributed by atoms with van der Waals surface area (Å²) in [5, 5.41) is 7.09. The zero-order valence-corrected chi connectivity index (χ0v) is 9.45. The molecule has 0 aliphatic heterocycles. The lowest BCUT2D eigenvalue weighted by Gasteiger charge is -1.77. The molecule has 0 N–H and O–H groups in total. The largest absolute Gasteiger partial charge is 0.106 e. The van der Waals surface area contributed by atoms with Crippen molar-refractivity contribution in [3.63, 3.8) is 0 Å². The van der Waals surface area contributed by atoms with Crippen molar-refractivity contribution in [3.8, 4) is 0 Å². The molecule has 0 aliphatic rings. The third-order valence-corrected chi connectivity index (χ3v) is 1.86. The summed E-state index contributed by atoms with van der Waals surface area (Å²) < 4.78 is 0. The second kappa shape index (κ2) is 11.5. The normalized spacial score (nSPS) is 12.3. The summed E-state index contributed by atoms with van der Waals surface area (Å²) in [7, 11) is 0. The van der Waals surface area contributed by atoms with Crippen molar-refractivity contribution in [3.05, 3.63) is 47.3 Å². The fourth-order valence-electron chi connectivity index (χ4n) is 0.446. The van der Waals surface area contributed by atoms with Crippen LogP contribution in [0.1, 0.15) is 0 Å². The minimum atomic E-state index is 1.58. The molecule has 0 unspecified atom stereocenters. The van der Waals surface area contributed by atoms with Gasteiger partial charge in [-0.25, -0.2) is 0 Å². The maximum absolute atomic E-state index is 4.61. The third-order valence-electron chi connectivity index (χ3n) is 0.916. The van der Waals surface area contributed by atoms with Crippen LogP contribution < -0.4 is 0 Å². The van der Waals surface area contributed by atoms with E-state index in [2.05, 4.69) is 24.4 Å². The van der Waals surface area contributed by atoms with Gasteiger partial charge < -0.3 is 0 Å². The Balaban J connectivity index is 3.54. The molecule has 3 heteroatoms. The Morgan fingerprint density at radius 1 is 0.615 bits per heavy atom. The van der Waals surface area contributed by atoms with E-state index in [0.29, 0.717) is 0 Å². The first-order chi connectivity index (χ1) is 6.41. The summed E-state index contributed by atoms with van der Waals surface area (Å²) >= 11 is 10.8. The Labute approximate surface area is 94.1 Å². The van der Waals surface area contributed by atoms with Crippen LogP contribution in [-0.4, -0.2) is 10.7 Å². The molecular formula is C10H10S3. The lowest BCUT2D eigenvalue weighted by Crippen LogP contribution is -1.53. The van der Waals surface area contributed by atoms with Crippen LogP contribution >= 0.6 is 36.2 Å². The SMILES string of the molecule is S=CC=CC=CSC=CC=CC=S. The number of thioether (sulfide) groups is 1. The Hall–Kier alpha value is -0.510. The summed E-state index contributed by atoms with van der Waals surface area (Å²) in [5.74, 6) is 0. The van der Waals surface area contributed by atoms with Crippen molar-refractivity contribution in [1.82, 2.24) is 0 Å². The average Bonchev–Trinajstić information content (AvgIpc) is 2.16. The lowest BCUT2D eigenvalue weighted by molar-refractivity contribution is 2.06. The van der Waals surface area contributed by atoms with E-state index in [4.69, 9.17) is 0 Å². The van der Waals surface area contributed by atoms with Crippen LogP contribution in [0.25, 0.3) is 0 Å². The number of rotatable bonds is 6. The van der Waals surface area contributed by atoms with Gasteiger partial charge >= 0.3 is 0 Å². The molecular weight excluding hydrogens is 216 g/mol. The molecule has 0 aromatic heterocycles. The van der Waals surface area contributed by atoms with E-state index in [1.807, 2.05) is 47.3 Å². The molecule has 0 fully saturated rings. The van der Waals surface area contributed by atoms with Crippen LogP contribution in [0, 0.1) is 0 Å². The monoisotopic (exact) mass is 226 g/mol. The fraction of sp³-hybridized carbons (Fsp3) is 0. The minimum Gasteiger partial charge on any atom is -0.106 e. The van der Waals surface area contributed by atoms with Crippen molar-refractivity contribution in [2.24, 2.45) is 0 Å². The van der Waals surface area contributed by atoms with Gasteiger partial charge in [0.2, 0.25) is 0 Å². The predicted octanol–water partition coefficient (Wildman–Crippen LogP) is 3.86. The molecule has 0 nitrogen and oxygen atoms in total. The van der Waals surface area contributed by atoms with Crippen LogP contribution in [0.4, 0.5) is 0 Å². The maximum Gasteiger partial charge on any atom is 0.00135 e. The topological polar surface area (TPSA) is 0 Å². The van der Waals surface area contributed by atoms with Crippen molar-refractivity contribution < 1.29 is 0 Å². The van der Waals surface area contributed by atoms with E-state index in [9.17, 15) is 0 Å². The molecule has 0 aromatic carbocycles. The van der Waals surface area contributed by atoms with E-state index in [0.717, 1.165) is 0 Å². The molecule has 0 heterocycles. The van der Waals surface area contributed by atoms with Gasteiger partial charge in [0.15, 0.2) is 0 Å². The molecule has 0 aliphatic carbocycles. The van der Waals surface area contributed by atoms with Gasteiger partial charge in [0.05, 0.1) is 0 Å². The van der Waals surface area contributed by atoms with Gasteiger partial charge in [0.1, 0.15) is 0 Å². The van der Waals surface area contributed by atoms with Crippen LogP contribution in [-0.2, 0) is 0 Å². The van der Waals surface area contributed by atoms with Crippen LogP contribution in [0.15, 0.2) is 47.3 Å². The second-order valence-electron chi connectivity index (χ2n) is 1.84. The van der Waals surface area contributed by atoms with Crippen molar-refractivity contribution >= 4 is 46.9 Å². The average molecular weight is 226 g/mol. The molecule has 0 bridgehead atoms. The Morgan fingerprint density at radius 2 is 1.08 bits per heavy atom. The highest BCUT2D eigenvalue weighted by atomic mass is 32.2. The predicted molar refractivity (Wildman–Crippen MR) is 71.5 cm³/mol. The van der Waals surface area contributed by atoms with Crippen LogP contribution in [0.2, 0.25) is 0 Å². The summed E-state index contributed by atoms with van der Waals surface area (Å²) in [5.41, 5.74) is 0. The summed E-state index contributed by atoms with van der Waals surface area (Å²) in [6.07, 6.45) is 11.3. The van der Waals surface area contributed by atoms with Gasteiger partial charge in [-0.1, -0.05) is 60.9 Å². The lowest BCUT2D eigenvalue weighted by atomic mass is 10.5. The molecule has 0 rings (SSSR count). The third kappa shape index (κ3) is 11.5. The Bertz CT molecular complexity index is 221. The van der Waals surface area contributed by atoms with E-state index in [-0.39, 0.29) is 0 Å². The number of hydrogen-bond acceptors (Lipinski definition) is 3. The van der Waals surface area contributed by atoms with Gasteiger partial charge in [0, 0.05) is 10.7 Å². The number of hydrogen-bond donors (Lipinski definition) is 0. The molecule has 0 spiro atoms. The second-order valence-corrected chi connectivity index (χ2v) is 3.20. The zero-order chi connectivity index (χ0) is 9.78. The summed E-state index contributed by atoms with van der Waals surface area (Å²) in [6.45, 7) is 0. The quantitative estimate of drug-likeness (QED) is 0.383. The molecule has 0 saturated carbocycles. The van der Waals surface area contributed by atoms with E-state index in [1.165, 1.54) is 0 Å². The summed E-state index contributed by atoms with van der Waals surface area (Å²) in [4.78, 5) is 0. The summed E-state index contributed by atoms with van der Waals surface area (Å²) in [6, 6.07) is 0. The smallest absolute Gasteiger partial charge is 0.00135 e.